The van der Waals surface area contributed by atoms with Gasteiger partial charge in [-0.3, -0.25) is 0 Å². The van der Waals surface area contributed by atoms with E-state index in [-0.39, 0.29) is 6.61 Å². The summed E-state index contributed by atoms with van der Waals surface area (Å²) in [7, 11) is -3.01. The summed E-state index contributed by atoms with van der Waals surface area (Å²) in [6, 6.07) is 0. The largest absolute Gasteiger partial charge is 0.753 e. The van der Waals surface area contributed by atoms with Gasteiger partial charge in [0.25, 0.3) is 0 Å². The highest BCUT2D eigenvalue weighted by molar-refractivity contribution is 7.34. The molecule has 13 heavy (non-hydrogen) atoms. The molecule has 0 rings (SSSR count). The number of alkyl halides is 3. The normalized spacial score (nSPS) is 12.5. The fourth-order valence-electron chi connectivity index (χ4n) is 0.312. The Labute approximate surface area is 73.0 Å². The van der Waals surface area contributed by atoms with E-state index in [0.717, 1.165) is 0 Å². The van der Waals surface area contributed by atoms with Gasteiger partial charge in [-0.2, -0.15) is 17.7 Å². The van der Waals surface area contributed by atoms with Gasteiger partial charge in [-0.25, -0.2) is 4.79 Å². The van der Waals surface area contributed by atoms with E-state index in [9.17, 15) is 22.5 Å². The first-order chi connectivity index (χ1) is 5.88. The lowest BCUT2D eigenvalue weighted by Crippen LogP contribution is -2.23. The van der Waals surface area contributed by atoms with Gasteiger partial charge in [0.1, 0.15) is 6.61 Å². The maximum absolute atomic E-state index is 11.5. The van der Waals surface area contributed by atoms with Crippen LogP contribution in [0.15, 0.2) is 0 Å². The van der Waals surface area contributed by atoms with Crippen LogP contribution in [0.2, 0.25) is 0 Å². The second kappa shape index (κ2) is 5.14. The van der Waals surface area contributed by atoms with Crippen molar-refractivity contribution >= 4 is 14.2 Å². The molecule has 0 amide bonds. The van der Waals surface area contributed by atoms with Crippen molar-refractivity contribution in [3.8, 4) is 0 Å². The van der Waals surface area contributed by atoms with Gasteiger partial charge < -0.3 is 0 Å². The van der Waals surface area contributed by atoms with Crippen LogP contribution in [0.25, 0.3) is 0 Å². The molecule has 76 valence electrons. The lowest BCUT2D eigenvalue weighted by Gasteiger charge is -1.96. The van der Waals surface area contributed by atoms with E-state index in [4.69, 9.17) is 0 Å². The summed E-state index contributed by atoms with van der Waals surface area (Å²) < 4.78 is 52.5. The molecule has 0 aliphatic heterocycles. The van der Waals surface area contributed by atoms with E-state index < -0.39 is 20.4 Å². The van der Waals surface area contributed by atoms with E-state index in [0.29, 0.717) is 6.42 Å². The van der Waals surface area contributed by atoms with Crippen LogP contribution < -0.4 is 0 Å². The highest BCUT2D eigenvalue weighted by atomic mass is 31.1. The predicted molar refractivity (Wildman–Crippen MR) is 36.0 cm³/mol. The average molecular weight is 219 g/mol. The van der Waals surface area contributed by atoms with Crippen molar-refractivity contribution in [2.75, 3.05) is 6.61 Å². The van der Waals surface area contributed by atoms with Crippen LogP contribution in [-0.2, 0) is 18.4 Å². The zero-order valence-corrected chi connectivity index (χ0v) is 7.52. The second-order valence-electron chi connectivity index (χ2n) is 1.93. The molecule has 0 fully saturated rings. The first-order valence-corrected chi connectivity index (χ1v) is 4.36. The van der Waals surface area contributed by atoms with Crippen LogP contribution >= 0.6 is 8.25 Å². The molecule has 0 aromatic rings. The highest BCUT2D eigenvalue weighted by Crippen LogP contribution is 2.29. The zero-order valence-electron chi connectivity index (χ0n) is 6.63. The molecule has 4 nitrogen and oxygen atoms in total. The molecule has 0 aromatic heterocycles. The molecular formula is C5H7F3O4P+. The van der Waals surface area contributed by atoms with Crippen LogP contribution in [0.4, 0.5) is 13.2 Å². The minimum Gasteiger partial charge on any atom is -0.236 e. The molecule has 0 aliphatic rings. The first-order valence-electron chi connectivity index (χ1n) is 3.27. The quantitative estimate of drug-likeness (QED) is 0.680. The highest BCUT2D eigenvalue weighted by Gasteiger charge is 2.47. The van der Waals surface area contributed by atoms with Crippen molar-refractivity contribution in [3.63, 3.8) is 0 Å². The van der Waals surface area contributed by atoms with Gasteiger partial charge >= 0.3 is 20.4 Å². The van der Waals surface area contributed by atoms with Crippen molar-refractivity contribution in [1.82, 2.24) is 0 Å². The maximum atomic E-state index is 11.5. The summed E-state index contributed by atoms with van der Waals surface area (Å²) in [6.07, 6.45) is -4.68. The molecule has 0 radical (unpaired) electrons. The minimum absolute atomic E-state index is 0.0274. The Morgan fingerprint density at radius 1 is 1.46 bits per heavy atom. The fraction of sp³-hybridized carbons (Fsp3) is 0.800. The number of halogens is 3. The van der Waals surface area contributed by atoms with Crippen LogP contribution in [0, 0.1) is 0 Å². The van der Waals surface area contributed by atoms with Crippen molar-refractivity contribution in [2.24, 2.45) is 0 Å². The molecule has 1 atom stereocenters. The van der Waals surface area contributed by atoms with Gasteiger partial charge in [0.2, 0.25) is 0 Å². The van der Waals surface area contributed by atoms with E-state index in [1.807, 2.05) is 0 Å². The molecule has 0 saturated carbocycles. The van der Waals surface area contributed by atoms with Crippen LogP contribution in [-0.4, -0.2) is 18.8 Å². The van der Waals surface area contributed by atoms with E-state index >= 15 is 0 Å². The van der Waals surface area contributed by atoms with E-state index in [1.165, 1.54) is 0 Å². The topological polar surface area (TPSA) is 52.6 Å². The van der Waals surface area contributed by atoms with Crippen molar-refractivity contribution in [3.05, 3.63) is 0 Å². The molecule has 0 bridgehead atoms. The monoisotopic (exact) mass is 219 g/mol. The number of carbonyl (C=O) groups is 1. The number of hydrogen-bond acceptors (Lipinski definition) is 4. The van der Waals surface area contributed by atoms with Crippen molar-refractivity contribution < 1.29 is 31.6 Å². The molecule has 0 aliphatic carbocycles. The summed E-state index contributed by atoms with van der Waals surface area (Å²) in [6.45, 7) is 1.63. The summed E-state index contributed by atoms with van der Waals surface area (Å²) in [5.74, 6) is -2.51. The second-order valence-corrected chi connectivity index (χ2v) is 2.82. The smallest absolute Gasteiger partial charge is 0.236 e. The molecule has 0 N–H and O–H groups in total. The number of hydrogen-bond donors (Lipinski definition) is 0. The Hall–Kier alpha value is -0.680. The summed E-state index contributed by atoms with van der Waals surface area (Å²) in [4.78, 5) is 10.0. The van der Waals surface area contributed by atoms with Gasteiger partial charge in [0.15, 0.2) is 0 Å². The van der Waals surface area contributed by atoms with Crippen molar-refractivity contribution in [2.45, 2.75) is 19.5 Å². The van der Waals surface area contributed by atoms with Gasteiger partial charge in [0, 0.05) is 4.57 Å². The SMILES string of the molecule is CCCO[P+](=O)OC(=O)C(F)(F)F. The van der Waals surface area contributed by atoms with Gasteiger partial charge in [-0.05, 0) is 6.42 Å². The Bertz CT molecular complexity index is 202. The molecule has 8 heteroatoms. The van der Waals surface area contributed by atoms with E-state index in [2.05, 4.69) is 9.05 Å². The standard InChI is InChI=1S/C5H7F3O4P/c1-2-3-11-13(10)12-4(9)5(6,7)8/h2-3H2,1H3/q+1. The summed E-state index contributed by atoms with van der Waals surface area (Å²) in [5, 5.41) is 0. The number of carbonyl (C=O) groups excluding carboxylic acids is 1. The Kier molecular flexibility index (Phi) is 4.87. The van der Waals surface area contributed by atoms with Crippen LogP contribution in [0.1, 0.15) is 13.3 Å². The van der Waals surface area contributed by atoms with Gasteiger partial charge in [-0.15, -0.1) is 4.52 Å². The predicted octanol–water partition coefficient (Wildman–Crippen LogP) is 2.18. The van der Waals surface area contributed by atoms with E-state index in [1.54, 1.807) is 6.92 Å². The minimum atomic E-state index is -5.14. The Morgan fingerprint density at radius 2 is 2.00 bits per heavy atom. The molecule has 0 saturated heterocycles. The number of rotatable bonds is 4. The molecule has 1 unspecified atom stereocenters. The lowest BCUT2D eigenvalue weighted by atomic mass is 10.5. The summed E-state index contributed by atoms with van der Waals surface area (Å²) >= 11 is 0. The third kappa shape index (κ3) is 5.54. The maximum Gasteiger partial charge on any atom is 0.753 e. The van der Waals surface area contributed by atoms with Crippen molar-refractivity contribution in [1.29, 1.82) is 0 Å². The molecular weight excluding hydrogens is 212 g/mol. The average Bonchev–Trinajstić information content (AvgIpc) is 1.99. The first kappa shape index (κ1) is 12.3. The van der Waals surface area contributed by atoms with Gasteiger partial charge in [-0.1, -0.05) is 6.92 Å². The Balaban J connectivity index is 3.86. The van der Waals surface area contributed by atoms with Crippen LogP contribution in [0.5, 0.6) is 0 Å². The third-order valence-corrected chi connectivity index (χ3v) is 1.50. The third-order valence-electron chi connectivity index (χ3n) is 0.790. The zero-order chi connectivity index (χ0) is 10.5. The molecule has 0 spiro atoms. The summed E-state index contributed by atoms with van der Waals surface area (Å²) in [5.41, 5.74) is 0. The van der Waals surface area contributed by atoms with Crippen LogP contribution in [0.3, 0.4) is 0 Å². The fourth-order valence-corrected chi connectivity index (χ4v) is 0.935. The molecule has 0 heterocycles. The Morgan fingerprint density at radius 3 is 2.38 bits per heavy atom. The molecule has 0 aromatic carbocycles. The lowest BCUT2D eigenvalue weighted by molar-refractivity contribution is -0.189. The van der Waals surface area contributed by atoms with Gasteiger partial charge in [0.05, 0.1) is 0 Å².